The summed E-state index contributed by atoms with van der Waals surface area (Å²) >= 11 is 1.97. The summed E-state index contributed by atoms with van der Waals surface area (Å²) in [6.07, 6.45) is 0. The molecule has 0 fully saturated rings. The molecule has 11 aromatic carbocycles. The molecule has 0 unspecified atom stereocenters. The van der Waals surface area contributed by atoms with Crippen LogP contribution in [0.1, 0.15) is 0 Å². The predicted molar refractivity (Wildman–Crippen MR) is 261 cm³/mol. The van der Waals surface area contributed by atoms with E-state index in [-0.39, 0.29) is 6.71 Å². The molecule has 13 aromatic rings. The Morgan fingerprint density at radius 1 is 0.383 bits per heavy atom. The maximum atomic E-state index is 2.61. The molecule has 4 heterocycles. The summed E-state index contributed by atoms with van der Waals surface area (Å²) in [5.41, 5.74) is 10.4. The molecule has 2 aliphatic heterocycles. The number of rotatable bonds is 1. The smallest absolute Gasteiger partial charge is 0.264 e. The first-order chi connectivity index (χ1) is 29.8. The molecule has 2 aliphatic rings. The van der Waals surface area contributed by atoms with Crippen LogP contribution in [0.15, 0.2) is 188 Å². The van der Waals surface area contributed by atoms with Gasteiger partial charge in [-0.1, -0.05) is 152 Å². The summed E-state index contributed by atoms with van der Waals surface area (Å²) in [6, 6.07) is 70.9. The average molecular weight is 775 g/mol. The van der Waals surface area contributed by atoms with Crippen LogP contribution in [0, 0.1) is 0 Å². The fourth-order valence-electron chi connectivity index (χ4n) is 11.6. The molecule has 15 rings (SSSR count). The van der Waals surface area contributed by atoms with Crippen molar-refractivity contribution >= 4 is 147 Å². The number of thiophene rings is 1. The fourth-order valence-corrected chi connectivity index (χ4v) is 12.9. The molecule has 0 amide bonds. The molecule has 2 aromatic heterocycles. The zero-order valence-electron chi connectivity index (χ0n) is 32.3. The van der Waals surface area contributed by atoms with E-state index in [1.165, 1.54) is 135 Å². The van der Waals surface area contributed by atoms with Crippen LogP contribution < -0.4 is 20.6 Å². The summed E-state index contributed by atoms with van der Waals surface area (Å²) in [6.45, 7) is 0.0921. The molecule has 0 atom stereocenters. The number of hydrogen-bond donors (Lipinski definition) is 0. The van der Waals surface area contributed by atoms with E-state index in [1.54, 1.807) is 0 Å². The number of nitrogens with zero attached hydrogens (tertiary/aromatic N) is 2. The lowest BCUT2D eigenvalue weighted by molar-refractivity contribution is 1.18. The van der Waals surface area contributed by atoms with Crippen molar-refractivity contribution in [3.63, 3.8) is 0 Å². The summed E-state index contributed by atoms with van der Waals surface area (Å²) in [5, 5.41) is 19.6. The molecular formula is C56H31BN2S. The highest BCUT2D eigenvalue weighted by molar-refractivity contribution is 7.33. The van der Waals surface area contributed by atoms with Crippen molar-refractivity contribution in [1.82, 2.24) is 4.57 Å². The lowest BCUT2D eigenvalue weighted by Gasteiger charge is -2.39. The third kappa shape index (κ3) is 3.78. The molecule has 0 saturated heterocycles. The SMILES string of the molecule is c1cc2c3c(c1)-n1c4ccc5c6ccccc6c6ccccc6c5c4c4cccc(c41)B3c1sc3ccccc3c1N2c1ccc2c3ccccc3c3ccccc3c2c1. The third-order valence-electron chi connectivity index (χ3n) is 13.9. The number of benzene rings is 11. The minimum Gasteiger partial charge on any atom is -0.310 e. The minimum atomic E-state index is 0.0921. The van der Waals surface area contributed by atoms with Gasteiger partial charge in [-0.25, -0.2) is 0 Å². The van der Waals surface area contributed by atoms with E-state index in [0.29, 0.717) is 0 Å². The molecule has 2 nitrogen and oxygen atoms in total. The van der Waals surface area contributed by atoms with Crippen LogP contribution in [0.25, 0.3) is 102 Å². The van der Waals surface area contributed by atoms with Gasteiger partial charge in [-0.2, -0.15) is 0 Å². The molecule has 274 valence electrons. The van der Waals surface area contributed by atoms with Gasteiger partial charge in [0.2, 0.25) is 0 Å². The van der Waals surface area contributed by atoms with Gasteiger partial charge >= 0.3 is 0 Å². The highest BCUT2D eigenvalue weighted by Crippen LogP contribution is 2.49. The van der Waals surface area contributed by atoms with Gasteiger partial charge in [0.05, 0.1) is 11.2 Å². The van der Waals surface area contributed by atoms with Crippen molar-refractivity contribution in [1.29, 1.82) is 0 Å². The number of para-hydroxylation sites is 1. The van der Waals surface area contributed by atoms with Crippen LogP contribution in [-0.2, 0) is 0 Å². The van der Waals surface area contributed by atoms with Crippen molar-refractivity contribution in [2.24, 2.45) is 0 Å². The van der Waals surface area contributed by atoms with E-state index < -0.39 is 0 Å². The van der Waals surface area contributed by atoms with Gasteiger partial charge in [0.25, 0.3) is 6.71 Å². The molecule has 0 saturated carbocycles. The van der Waals surface area contributed by atoms with Crippen molar-refractivity contribution in [2.45, 2.75) is 0 Å². The Bertz CT molecular complexity index is 4030. The molecule has 0 bridgehead atoms. The topological polar surface area (TPSA) is 8.17 Å². The van der Waals surface area contributed by atoms with E-state index in [0.717, 1.165) is 0 Å². The van der Waals surface area contributed by atoms with Gasteiger partial charge in [0.15, 0.2) is 0 Å². The van der Waals surface area contributed by atoms with E-state index in [2.05, 4.69) is 198 Å². The van der Waals surface area contributed by atoms with Crippen LogP contribution in [0.2, 0.25) is 0 Å². The Morgan fingerprint density at radius 3 is 1.60 bits per heavy atom. The van der Waals surface area contributed by atoms with Crippen molar-refractivity contribution in [3.05, 3.63) is 188 Å². The zero-order chi connectivity index (χ0) is 38.8. The van der Waals surface area contributed by atoms with Gasteiger partial charge in [-0.05, 0) is 107 Å². The van der Waals surface area contributed by atoms with E-state index in [1.807, 2.05) is 11.3 Å². The molecule has 4 heteroatoms. The van der Waals surface area contributed by atoms with E-state index >= 15 is 0 Å². The van der Waals surface area contributed by atoms with Crippen LogP contribution in [0.5, 0.6) is 0 Å². The predicted octanol–water partition coefficient (Wildman–Crippen LogP) is 13.5. The number of anilines is 3. The van der Waals surface area contributed by atoms with Crippen molar-refractivity contribution < 1.29 is 0 Å². The quantitative estimate of drug-likeness (QED) is 0.119. The summed E-state index contributed by atoms with van der Waals surface area (Å²) in [7, 11) is 0. The van der Waals surface area contributed by atoms with E-state index in [4.69, 9.17) is 0 Å². The Balaban J connectivity index is 1.08. The monoisotopic (exact) mass is 774 g/mol. The molecule has 60 heavy (non-hydrogen) atoms. The first kappa shape index (κ1) is 31.6. The van der Waals surface area contributed by atoms with Gasteiger partial charge in [0.1, 0.15) is 0 Å². The van der Waals surface area contributed by atoms with E-state index in [9.17, 15) is 0 Å². The third-order valence-corrected chi connectivity index (χ3v) is 15.1. The van der Waals surface area contributed by atoms with Crippen LogP contribution in [-0.4, -0.2) is 11.3 Å². The number of aromatic nitrogens is 1. The summed E-state index contributed by atoms with van der Waals surface area (Å²) in [5.74, 6) is 0. The second kappa shape index (κ2) is 11.2. The number of fused-ring (bicyclic) bond motifs is 22. The molecule has 0 spiro atoms. The maximum absolute atomic E-state index is 2.61. The highest BCUT2D eigenvalue weighted by atomic mass is 32.1. The van der Waals surface area contributed by atoms with Gasteiger partial charge < -0.3 is 9.47 Å². The molecule has 0 radical (unpaired) electrons. The Hall–Kier alpha value is -7.40. The minimum absolute atomic E-state index is 0.0921. The van der Waals surface area contributed by atoms with Crippen LogP contribution >= 0.6 is 11.3 Å². The largest absolute Gasteiger partial charge is 0.310 e. The fraction of sp³-hybridized carbons (Fsp3) is 0. The summed E-state index contributed by atoms with van der Waals surface area (Å²) < 4.78 is 5.33. The van der Waals surface area contributed by atoms with Gasteiger partial charge in [-0.15, -0.1) is 11.3 Å². The lowest BCUT2D eigenvalue weighted by Crippen LogP contribution is -2.59. The highest BCUT2D eigenvalue weighted by Gasteiger charge is 2.44. The average Bonchev–Trinajstić information content (AvgIpc) is 3.87. The van der Waals surface area contributed by atoms with Crippen molar-refractivity contribution in [2.75, 3.05) is 4.90 Å². The zero-order valence-corrected chi connectivity index (χ0v) is 33.1. The first-order valence-electron chi connectivity index (χ1n) is 20.9. The summed E-state index contributed by atoms with van der Waals surface area (Å²) in [4.78, 5) is 2.60. The lowest BCUT2D eigenvalue weighted by atomic mass is 9.36. The van der Waals surface area contributed by atoms with Crippen LogP contribution in [0.4, 0.5) is 17.1 Å². The standard InChI is InChI=1S/C56H31BN2S/c1-2-15-35-33(13-1)34-14-4-6-19-39(34)45-31-32(27-28-40(35)45)58-48-24-12-25-49-53(48)57(56-55(58)43-21-9-10-26-50(43)60-56)46-23-11-22-44-52-47(59(49)54(44)46)30-29-42-38-18-5-3-16-36(38)37-17-7-8-20-41(37)51(42)52/h1-31H. The molecule has 0 N–H and O–H groups in total. The second-order valence-corrected chi connectivity index (χ2v) is 17.7. The van der Waals surface area contributed by atoms with Gasteiger partial charge in [0, 0.05) is 53.6 Å². The first-order valence-corrected chi connectivity index (χ1v) is 21.7. The van der Waals surface area contributed by atoms with Crippen molar-refractivity contribution in [3.8, 4) is 5.69 Å². The normalized spacial score (nSPS) is 13.3. The maximum Gasteiger partial charge on any atom is 0.264 e. The molecular weight excluding hydrogens is 744 g/mol. The van der Waals surface area contributed by atoms with Crippen LogP contribution in [0.3, 0.4) is 0 Å². The second-order valence-electron chi connectivity index (χ2n) is 16.7. The number of hydrogen-bond acceptors (Lipinski definition) is 2. The van der Waals surface area contributed by atoms with Gasteiger partial charge in [-0.3, -0.25) is 0 Å². The Kier molecular flexibility index (Phi) is 5.90. The molecule has 0 aliphatic carbocycles. The Labute approximate surface area is 348 Å². The Morgan fingerprint density at radius 2 is 0.900 bits per heavy atom.